The van der Waals surface area contributed by atoms with Crippen LogP contribution in [0.4, 0.5) is 5.82 Å². The maximum atomic E-state index is 5.48. The van der Waals surface area contributed by atoms with Crippen molar-refractivity contribution in [3.63, 3.8) is 0 Å². The number of pyridine rings is 1. The van der Waals surface area contributed by atoms with E-state index >= 15 is 0 Å². The Balaban J connectivity index is 2.23. The van der Waals surface area contributed by atoms with Gasteiger partial charge in [-0.15, -0.1) is 0 Å². The van der Waals surface area contributed by atoms with Gasteiger partial charge >= 0.3 is 0 Å². The third kappa shape index (κ3) is 1.68. The van der Waals surface area contributed by atoms with Gasteiger partial charge in [-0.05, 0) is 19.1 Å². The molecule has 0 aliphatic heterocycles. The Morgan fingerprint density at radius 3 is 2.72 bits per heavy atom. The van der Waals surface area contributed by atoms with Crippen LogP contribution in [-0.4, -0.2) is 19.6 Å². The quantitative estimate of drug-likeness (QED) is 0.522. The Bertz CT molecular complexity index is 688. The van der Waals surface area contributed by atoms with Crippen LogP contribution in [0.25, 0.3) is 16.9 Å². The molecule has 3 aromatic rings. The van der Waals surface area contributed by atoms with Gasteiger partial charge in [-0.25, -0.2) is 10.8 Å². The molecule has 0 unspecified atom stereocenters. The monoisotopic (exact) mass is 240 g/mol. The number of nitrogens with two attached hydrogens (primary N) is 1. The molecule has 0 fully saturated rings. The van der Waals surface area contributed by atoms with Crippen molar-refractivity contribution in [2.75, 3.05) is 5.43 Å². The molecule has 0 bridgehead atoms. The van der Waals surface area contributed by atoms with Crippen LogP contribution in [0.15, 0.2) is 36.7 Å². The summed E-state index contributed by atoms with van der Waals surface area (Å²) in [6.07, 6.45) is 3.47. The third-order valence-electron chi connectivity index (χ3n) is 2.68. The summed E-state index contributed by atoms with van der Waals surface area (Å²) in [6, 6.07) is 7.58. The zero-order chi connectivity index (χ0) is 12.5. The first kappa shape index (κ1) is 10.7. The lowest BCUT2D eigenvalue weighted by Crippen LogP contribution is -2.12. The van der Waals surface area contributed by atoms with Gasteiger partial charge in [0, 0.05) is 35.8 Å². The Labute approximate surface area is 103 Å². The molecular weight excluding hydrogens is 228 g/mol. The van der Waals surface area contributed by atoms with E-state index < -0.39 is 0 Å². The number of fused-ring (bicyclic) bond motifs is 1. The molecule has 3 N–H and O–H groups in total. The SMILES string of the molecule is Cc1cc(NN)n2nc(-c3ccncc3)cc2n1. The van der Waals surface area contributed by atoms with Gasteiger partial charge in [0.15, 0.2) is 5.65 Å². The second-order valence-corrected chi connectivity index (χ2v) is 3.96. The molecule has 6 heteroatoms. The first-order chi connectivity index (χ1) is 8.78. The molecule has 0 saturated carbocycles. The van der Waals surface area contributed by atoms with Crippen molar-refractivity contribution in [2.45, 2.75) is 6.92 Å². The fraction of sp³-hybridized carbons (Fsp3) is 0.0833. The van der Waals surface area contributed by atoms with Crippen molar-refractivity contribution in [3.05, 3.63) is 42.4 Å². The Kier molecular flexibility index (Phi) is 2.42. The van der Waals surface area contributed by atoms with Crippen molar-refractivity contribution < 1.29 is 0 Å². The number of aromatic nitrogens is 4. The van der Waals surface area contributed by atoms with Gasteiger partial charge in [0.1, 0.15) is 5.82 Å². The highest BCUT2D eigenvalue weighted by atomic mass is 15.4. The molecule has 0 aliphatic carbocycles. The number of nitrogens with one attached hydrogen (secondary N) is 1. The van der Waals surface area contributed by atoms with E-state index in [2.05, 4.69) is 20.5 Å². The smallest absolute Gasteiger partial charge is 0.158 e. The highest BCUT2D eigenvalue weighted by Gasteiger charge is 2.08. The number of anilines is 1. The summed E-state index contributed by atoms with van der Waals surface area (Å²) in [5, 5.41) is 4.48. The number of nitrogen functional groups attached to an aromatic ring is 1. The predicted octanol–water partition coefficient (Wildman–Crippen LogP) is 1.39. The molecule has 3 aromatic heterocycles. The van der Waals surface area contributed by atoms with E-state index in [4.69, 9.17) is 5.84 Å². The summed E-state index contributed by atoms with van der Waals surface area (Å²) in [4.78, 5) is 8.41. The highest BCUT2D eigenvalue weighted by Crippen LogP contribution is 2.20. The van der Waals surface area contributed by atoms with Crippen molar-refractivity contribution >= 4 is 11.5 Å². The van der Waals surface area contributed by atoms with E-state index in [0.717, 1.165) is 22.6 Å². The van der Waals surface area contributed by atoms with Gasteiger partial charge < -0.3 is 5.43 Å². The van der Waals surface area contributed by atoms with Gasteiger partial charge in [0.05, 0.1) is 5.69 Å². The van der Waals surface area contributed by atoms with Crippen LogP contribution < -0.4 is 11.3 Å². The maximum Gasteiger partial charge on any atom is 0.158 e. The summed E-state index contributed by atoms with van der Waals surface area (Å²) < 4.78 is 1.68. The van der Waals surface area contributed by atoms with Crippen LogP contribution in [0, 0.1) is 6.92 Å². The molecule has 0 saturated heterocycles. The first-order valence-corrected chi connectivity index (χ1v) is 5.52. The summed E-state index contributed by atoms with van der Waals surface area (Å²) in [7, 11) is 0. The van der Waals surface area contributed by atoms with Crippen molar-refractivity contribution in [2.24, 2.45) is 5.84 Å². The lowest BCUT2D eigenvalue weighted by atomic mass is 10.2. The minimum absolute atomic E-state index is 0.706. The fourth-order valence-electron chi connectivity index (χ4n) is 1.87. The van der Waals surface area contributed by atoms with E-state index in [1.165, 1.54) is 0 Å². The van der Waals surface area contributed by atoms with E-state index in [1.54, 1.807) is 16.9 Å². The van der Waals surface area contributed by atoms with Crippen molar-refractivity contribution in [1.29, 1.82) is 0 Å². The van der Waals surface area contributed by atoms with Gasteiger partial charge in [-0.2, -0.15) is 9.61 Å². The maximum absolute atomic E-state index is 5.48. The predicted molar refractivity (Wildman–Crippen MR) is 68.8 cm³/mol. The largest absolute Gasteiger partial charge is 0.308 e. The molecule has 0 aromatic carbocycles. The topological polar surface area (TPSA) is 81.1 Å². The standard InChI is InChI=1S/C12H12N6/c1-8-6-12(16-13)18-11(15-8)7-10(17-18)9-2-4-14-5-3-9/h2-7,16H,13H2,1H3. The Hall–Kier alpha value is -2.47. The highest BCUT2D eigenvalue weighted by molar-refractivity contribution is 5.65. The minimum Gasteiger partial charge on any atom is -0.308 e. The van der Waals surface area contributed by atoms with E-state index in [0.29, 0.717) is 5.82 Å². The van der Waals surface area contributed by atoms with Crippen LogP contribution in [0.5, 0.6) is 0 Å². The van der Waals surface area contributed by atoms with E-state index in [1.807, 2.05) is 31.2 Å². The molecule has 6 nitrogen and oxygen atoms in total. The molecule has 0 aliphatic rings. The van der Waals surface area contributed by atoms with Crippen LogP contribution in [-0.2, 0) is 0 Å². The second kappa shape index (κ2) is 4.08. The summed E-state index contributed by atoms with van der Waals surface area (Å²) in [6.45, 7) is 1.92. The van der Waals surface area contributed by atoms with Gasteiger partial charge in [0.25, 0.3) is 0 Å². The van der Waals surface area contributed by atoms with Gasteiger partial charge in [0.2, 0.25) is 0 Å². The number of hydrazine groups is 1. The molecule has 0 amide bonds. The Morgan fingerprint density at radius 1 is 1.22 bits per heavy atom. The van der Waals surface area contributed by atoms with Crippen LogP contribution >= 0.6 is 0 Å². The number of rotatable bonds is 2. The van der Waals surface area contributed by atoms with Gasteiger partial charge in [-0.1, -0.05) is 0 Å². The van der Waals surface area contributed by atoms with E-state index in [-0.39, 0.29) is 0 Å². The van der Waals surface area contributed by atoms with E-state index in [9.17, 15) is 0 Å². The fourth-order valence-corrected chi connectivity index (χ4v) is 1.87. The molecule has 0 spiro atoms. The number of hydrogen-bond donors (Lipinski definition) is 2. The molecule has 18 heavy (non-hydrogen) atoms. The molecule has 90 valence electrons. The van der Waals surface area contributed by atoms with Gasteiger partial charge in [-0.3, -0.25) is 4.98 Å². The summed E-state index contributed by atoms with van der Waals surface area (Å²) >= 11 is 0. The minimum atomic E-state index is 0.706. The molecule has 3 heterocycles. The lowest BCUT2D eigenvalue weighted by Gasteiger charge is -2.03. The summed E-state index contributed by atoms with van der Waals surface area (Å²) in [5.41, 5.74) is 6.10. The average Bonchev–Trinajstić information content (AvgIpc) is 2.82. The zero-order valence-corrected chi connectivity index (χ0v) is 9.83. The second-order valence-electron chi connectivity index (χ2n) is 3.96. The van der Waals surface area contributed by atoms with Crippen molar-refractivity contribution in [3.8, 4) is 11.3 Å². The van der Waals surface area contributed by atoms with Crippen LogP contribution in [0.1, 0.15) is 5.69 Å². The molecule has 0 atom stereocenters. The first-order valence-electron chi connectivity index (χ1n) is 5.52. The zero-order valence-electron chi connectivity index (χ0n) is 9.83. The number of hydrogen-bond acceptors (Lipinski definition) is 5. The molecular formula is C12H12N6. The molecule has 0 radical (unpaired) electrons. The lowest BCUT2D eigenvalue weighted by molar-refractivity contribution is 0.930. The Morgan fingerprint density at radius 2 is 2.00 bits per heavy atom. The molecule has 3 rings (SSSR count). The van der Waals surface area contributed by atoms with Crippen LogP contribution in [0.2, 0.25) is 0 Å². The van der Waals surface area contributed by atoms with Crippen LogP contribution in [0.3, 0.4) is 0 Å². The average molecular weight is 240 g/mol. The summed E-state index contributed by atoms with van der Waals surface area (Å²) in [5.74, 6) is 6.19. The third-order valence-corrected chi connectivity index (χ3v) is 2.68. The van der Waals surface area contributed by atoms with Crippen molar-refractivity contribution in [1.82, 2.24) is 19.6 Å². The number of nitrogens with zero attached hydrogens (tertiary/aromatic N) is 4. The number of aryl methyl sites for hydroxylation is 1. The normalized spacial score (nSPS) is 10.8.